The molecule has 2 rings (SSSR count). The zero-order valence-electron chi connectivity index (χ0n) is 8.93. The average molecular weight is 222 g/mol. The van der Waals surface area contributed by atoms with Gasteiger partial charge in [-0.2, -0.15) is 0 Å². The third kappa shape index (κ3) is 2.68. The molecule has 86 valence electrons. The Hall–Kier alpha value is -1.65. The van der Waals surface area contributed by atoms with Gasteiger partial charge >= 0.3 is 5.97 Å². The molecular weight excluding hydrogens is 208 g/mol. The van der Waals surface area contributed by atoms with Gasteiger partial charge in [0.05, 0.1) is 19.0 Å². The summed E-state index contributed by atoms with van der Waals surface area (Å²) in [5.41, 5.74) is -0.0636. The van der Waals surface area contributed by atoms with Gasteiger partial charge in [0.1, 0.15) is 0 Å². The SMILES string of the molecule is O=C(O)c1cnc(OCCC2CCC2)cn1. The molecule has 1 fully saturated rings. The van der Waals surface area contributed by atoms with Crippen molar-refractivity contribution in [2.24, 2.45) is 5.92 Å². The summed E-state index contributed by atoms with van der Waals surface area (Å²) in [4.78, 5) is 18.1. The summed E-state index contributed by atoms with van der Waals surface area (Å²) in [6, 6.07) is 0. The van der Waals surface area contributed by atoms with Crippen LogP contribution in [0.1, 0.15) is 36.2 Å². The molecule has 16 heavy (non-hydrogen) atoms. The Morgan fingerprint density at radius 2 is 2.25 bits per heavy atom. The highest BCUT2D eigenvalue weighted by atomic mass is 16.5. The predicted octanol–water partition coefficient (Wildman–Crippen LogP) is 1.74. The summed E-state index contributed by atoms with van der Waals surface area (Å²) in [5, 5.41) is 8.62. The molecule has 0 bridgehead atoms. The van der Waals surface area contributed by atoms with Gasteiger partial charge in [-0.3, -0.25) is 0 Å². The van der Waals surface area contributed by atoms with Crippen molar-refractivity contribution in [3.63, 3.8) is 0 Å². The molecule has 1 aliphatic carbocycles. The summed E-state index contributed by atoms with van der Waals surface area (Å²) in [6.07, 6.45) is 7.53. The van der Waals surface area contributed by atoms with Gasteiger partial charge in [0.2, 0.25) is 5.88 Å². The average Bonchev–Trinajstić information content (AvgIpc) is 2.22. The number of carbonyl (C=O) groups is 1. The molecule has 1 N–H and O–H groups in total. The zero-order valence-corrected chi connectivity index (χ0v) is 8.93. The van der Waals surface area contributed by atoms with E-state index in [1.165, 1.54) is 31.7 Å². The van der Waals surface area contributed by atoms with E-state index in [1.54, 1.807) is 0 Å². The molecule has 0 spiro atoms. The van der Waals surface area contributed by atoms with Crippen LogP contribution in [0.25, 0.3) is 0 Å². The third-order valence-corrected chi connectivity index (χ3v) is 2.85. The Bertz CT molecular complexity index is 360. The number of hydrogen-bond donors (Lipinski definition) is 1. The molecule has 0 saturated heterocycles. The van der Waals surface area contributed by atoms with Crippen molar-refractivity contribution in [1.29, 1.82) is 0 Å². The first-order valence-electron chi connectivity index (χ1n) is 5.44. The fourth-order valence-electron chi connectivity index (χ4n) is 1.61. The molecule has 0 unspecified atom stereocenters. The molecule has 1 aliphatic rings. The van der Waals surface area contributed by atoms with E-state index >= 15 is 0 Å². The lowest BCUT2D eigenvalue weighted by molar-refractivity contribution is 0.0689. The summed E-state index contributed by atoms with van der Waals surface area (Å²) in [7, 11) is 0. The van der Waals surface area contributed by atoms with Crippen LogP contribution in [-0.2, 0) is 0 Å². The maximum absolute atomic E-state index is 10.5. The van der Waals surface area contributed by atoms with E-state index in [0.717, 1.165) is 12.3 Å². The highest BCUT2D eigenvalue weighted by Crippen LogP contribution is 2.29. The molecule has 1 saturated carbocycles. The number of rotatable bonds is 5. The van der Waals surface area contributed by atoms with Crippen LogP contribution in [0.2, 0.25) is 0 Å². The first-order chi connectivity index (χ1) is 7.75. The second-order valence-corrected chi connectivity index (χ2v) is 3.98. The van der Waals surface area contributed by atoms with E-state index in [1.807, 2.05) is 0 Å². The molecule has 0 radical (unpaired) electrons. The van der Waals surface area contributed by atoms with Crippen LogP contribution >= 0.6 is 0 Å². The molecule has 0 atom stereocenters. The zero-order chi connectivity index (χ0) is 11.4. The van der Waals surface area contributed by atoms with Crippen LogP contribution in [0.4, 0.5) is 0 Å². The molecular formula is C11H14N2O3. The van der Waals surface area contributed by atoms with Gasteiger partial charge in [-0.15, -0.1) is 0 Å². The quantitative estimate of drug-likeness (QED) is 0.821. The van der Waals surface area contributed by atoms with Crippen LogP contribution in [0.3, 0.4) is 0 Å². The highest BCUT2D eigenvalue weighted by Gasteiger charge is 2.17. The number of carboxylic acids is 1. The number of ether oxygens (including phenoxy) is 1. The lowest BCUT2D eigenvalue weighted by Crippen LogP contribution is -2.14. The summed E-state index contributed by atoms with van der Waals surface area (Å²) in [5.74, 6) is 0.115. The van der Waals surface area contributed by atoms with E-state index in [9.17, 15) is 4.79 Å². The molecule has 1 aromatic rings. The number of nitrogens with zero attached hydrogens (tertiary/aromatic N) is 2. The van der Waals surface area contributed by atoms with E-state index < -0.39 is 5.97 Å². The molecule has 0 aromatic carbocycles. The molecule has 0 aliphatic heterocycles. The first kappa shape index (κ1) is 10.9. The van der Waals surface area contributed by atoms with Crippen molar-refractivity contribution < 1.29 is 14.6 Å². The summed E-state index contributed by atoms with van der Waals surface area (Å²) >= 11 is 0. The fourth-order valence-corrected chi connectivity index (χ4v) is 1.61. The van der Waals surface area contributed by atoms with Gasteiger partial charge in [-0.25, -0.2) is 14.8 Å². The van der Waals surface area contributed by atoms with Crippen molar-refractivity contribution in [2.75, 3.05) is 6.61 Å². The maximum atomic E-state index is 10.5. The minimum absolute atomic E-state index is 0.0636. The van der Waals surface area contributed by atoms with Gasteiger partial charge < -0.3 is 9.84 Å². The van der Waals surface area contributed by atoms with Crippen LogP contribution < -0.4 is 4.74 Å². The molecule has 0 amide bonds. The third-order valence-electron chi connectivity index (χ3n) is 2.85. The fraction of sp³-hybridized carbons (Fsp3) is 0.545. The minimum Gasteiger partial charge on any atom is -0.477 e. The van der Waals surface area contributed by atoms with Crippen molar-refractivity contribution >= 4 is 5.97 Å². The van der Waals surface area contributed by atoms with Gasteiger partial charge in [-0.05, 0) is 12.3 Å². The first-order valence-corrected chi connectivity index (χ1v) is 5.44. The Kier molecular flexibility index (Phi) is 3.34. The van der Waals surface area contributed by atoms with Crippen molar-refractivity contribution in [3.05, 3.63) is 18.1 Å². The van der Waals surface area contributed by atoms with Gasteiger partial charge in [0.25, 0.3) is 0 Å². The number of aromatic nitrogens is 2. The molecule has 1 aromatic heterocycles. The second kappa shape index (κ2) is 4.92. The lowest BCUT2D eigenvalue weighted by atomic mass is 9.83. The van der Waals surface area contributed by atoms with Gasteiger partial charge in [0.15, 0.2) is 5.69 Å². The molecule has 5 nitrogen and oxygen atoms in total. The largest absolute Gasteiger partial charge is 0.477 e. The topological polar surface area (TPSA) is 72.3 Å². The standard InChI is InChI=1S/C11H14N2O3/c14-11(15)9-6-13-10(7-12-9)16-5-4-8-2-1-3-8/h6-8H,1-5H2,(H,14,15). The smallest absolute Gasteiger partial charge is 0.356 e. The van der Waals surface area contributed by atoms with Crippen LogP contribution in [0.15, 0.2) is 12.4 Å². The van der Waals surface area contributed by atoms with E-state index in [-0.39, 0.29) is 5.69 Å². The Labute approximate surface area is 93.5 Å². The number of carboxylic acid groups (broad SMARTS) is 1. The molecule has 5 heteroatoms. The van der Waals surface area contributed by atoms with Crippen LogP contribution in [-0.4, -0.2) is 27.7 Å². The van der Waals surface area contributed by atoms with Crippen LogP contribution in [0, 0.1) is 5.92 Å². The van der Waals surface area contributed by atoms with Crippen molar-refractivity contribution in [3.8, 4) is 5.88 Å². The van der Waals surface area contributed by atoms with Gasteiger partial charge in [-0.1, -0.05) is 19.3 Å². The van der Waals surface area contributed by atoms with Crippen LogP contribution in [0.5, 0.6) is 5.88 Å². The van der Waals surface area contributed by atoms with Crippen molar-refractivity contribution in [1.82, 2.24) is 9.97 Å². The van der Waals surface area contributed by atoms with E-state index in [4.69, 9.17) is 9.84 Å². The Morgan fingerprint density at radius 1 is 1.44 bits per heavy atom. The van der Waals surface area contributed by atoms with Gasteiger partial charge in [0, 0.05) is 0 Å². The van der Waals surface area contributed by atoms with E-state index in [2.05, 4.69) is 9.97 Å². The predicted molar refractivity (Wildman–Crippen MR) is 56.4 cm³/mol. The van der Waals surface area contributed by atoms with E-state index in [0.29, 0.717) is 12.5 Å². The monoisotopic (exact) mass is 222 g/mol. The lowest BCUT2D eigenvalue weighted by Gasteiger charge is -2.24. The number of aromatic carboxylic acids is 1. The Balaban J connectivity index is 1.78. The summed E-state index contributed by atoms with van der Waals surface area (Å²) < 4.78 is 5.38. The second-order valence-electron chi connectivity index (χ2n) is 3.98. The Morgan fingerprint density at radius 3 is 2.75 bits per heavy atom. The van der Waals surface area contributed by atoms with Crippen molar-refractivity contribution in [2.45, 2.75) is 25.7 Å². The highest BCUT2D eigenvalue weighted by molar-refractivity contribution is 5.84. The normalized spacial score (nSPS) is 15.5. The minimum atomic E-state index is -1.08. The maximum Gasteiger partial charge on any atom is 0.356 e. The molecule has 1 heterocycles. The summed E-state index contributed by atoms with van der Waals surface area (Å²) in [6.45, 7) is 0.631. The number of hydrogen-bond acceptors (Lipinski definition) is 4.